The Morgan fingerprint density at radius 1 is 0.844 bits per heavy atom. The molecule has 0 unspecified atom stereocenters. The minimum atomic E-state index is -0.0515. The Kier molecular flexibility index (Phi) is 6.04. The highest BCUT2D eigenvalue weighted by Crippen LogP contribution is 2.48. The predicted octanol–water partition coefficient (Wildman–Crippen LogP) is 5.43. The van der Waals surface area contributed by atoms with Crippen LogP contribution in [0.3, 0.4) is 0 Å². The van der Waals surface area contributed by atoms with Crippen molar-refractivity contribution in [2.45, 2.75) is 37.5 Å². The van der Waals surface area contributed by atoms with Crippen molar-refractivity contribution >= 4 is 0 Å². The zero-order valence-corrected chi connectivity index (χ0v) is 18.4. The van der Waals surface area contributed by atoms with E-state index in [4.69, 9.17) is 4.74 Å². The second-order valence-electron chi connectivity index (χ2n) is 9.04. The molecular weight excluding hydrogens is 398 g/mol. The lowest BCUT2D eigenvalue weighted by Crippen LogP contribution is -2.25. The monoisotopic (exact) mass is 429 g/mol. The summed E-state index contributed by atoms with van der Waals surface area (Å²) >= 11 is 0. The fourth-order valence-electron chi connectivity index (χ4n) is 5.38. The van der Waals surface area contributed by atoms with Gasteiger partial charge in [-0.3, -0.25) is 4.90 Å². The lowest BCUT2D eigenvalue weighted by molar-refractivity contribution is 0.237. The van der Waals surface area contributed by atoms with Crippen LogP contribution in [-0.2, 0) is 6.42 Å². The SMILES string of the molecule is Oc1cc2c(cc1O)[C@@H](c1ccc(OCCN3CCCC3)cc1)[C@@H](c1ccccc1)CC2. The summed E-state index contributed by atoms with van der Waals surface area (Å²) in [5.74, 6) is 1.24. The van der Waals surface area contributed by atoms with Gasteiger partial charge in [0.1, 0.15) is 12.4 Å². The van der Waals surface area contributed by atoms with E-state index >= 15 is 0 Å². The molecule has 4 nitrogen and oxygen atoms in total. The molecule has 1 saturated heterocycles. The number of phenolic OH excluding ortho intramolecular Hbond substituents is 2. The van der Waals surface area contributed by atoms with E-state index < -0.39 is 0 Å². The fraction of sp³-hybridized carbons (Fsp3) is 0.357. The molecule has 1 fully saturated rings. The van der Waals surface area contributed by atoms with Crippen LogP contribution in [0.2, 0.25) is 0 Å². The van der Waals surface area contributed by atoms with Gasteiger partial charge in [-0.25, -0.2) is 0 Å². The molecule has 1 aliphatic carbocycles. The van der Waals surface area contributed by atoms with Gasteiger partial charge < -0.3 is 14.9 Å². The van der Waals surface area contributed by atoms with Crippen molar-refractivity contribution < 1.29 is 14.9 Å². The first-order chi connectivity index (χ1) is 15.7. The second kappa shape index (κ2) is 9.25. The third-order valence-corrected chi connectivity index (χ3v) is 7.04. The van der Waals surface area contributed by atoms with E-state index in [2.05, 4.69) is 53.4 Å². The number of fused-ring (bicyclic) bond motifs is 1. The van der Waals surface area contributed by atoms with E-state index in [0.717, 1.165) is 36.3 Å². The van der Waals surface area contributed by atoms with Crippen molar-refractivity contribution in [2.75, 3.05) is 26.2 Å². The van der Waals surface area contributed by atoms with Gasteiger partial charge in [0.25, 0.3) is 0 Å². The first-order valence-corrected chi connectivity index (χ1v) is 11.7. The van der Waals surface area contributed by atoms with E-state index in [1.807, 2.05) is 6.07 Å². The highest BCUT2D eigenvalue weighted by Gasteiger charge is 2.33. The summed E-state index contributed by atoms with van der Waals surface area (Å²) in [6.07, 6.45) is 4.48. The molecule has 166 valence electrons. The molecule has 0 radical (unpaired) electrons. The van der Waals surface area contributed by atoms with E-state index in [0.29, 0.717) is 12.5 Å². The van der Waals surface area contributed by atoms with Crippen LogP contribution in [0.25, 0.3) is 0 Å². The Morgan fingerprint density at radius 2 is 1.56 bits per heavy atom. The maximum atomic E-state index is 10.3. The van der Waals surface area contributed by atoms with E-state index in [1.54, 1.807) is 12.1 Å². The molecule has 0 saturated carbocycles. The summed E-state index contributed by atoms with van der Waals surface area (Å²) in [4.78, 5) is 2.46. The van der Waals surface area contributed by atoms with E-state index in [1.165, 1.54) is 37.1 Å². The Morgan fingerprint density at radius 3 is 2.31 bits per heavy atom. The molecule has 0 bridgehead atoms. The lowest BCUT2D eigenvalue weighted by Gasteiger charge is -2.35. The van der Waals surface area contributed by atoms with Crippen LogP contribution in [0, 0.1) is 0 Å². The maximum absolute atomic E-state index is 10.3. The normalized spacial score (nSPS) is 20.8. The number of phenols is 2. The van der Waals surface area contributed by atoms with Crippen LogP contribution < -0.4 is 4.74 Å². The average molecular weight is 430 g/mol. The van der Waals surface area contributed by atoms with Crippen molar-refractivity contribution in [3.8, 4) is 17.2 Å². The average Bonchev–Trinajstić information content (AvgIpc) is 3.34. The molecule has 2 N–H and O–H groups in total. The summed E-state index contributed by atoms with van der Waals surface area (Å²) in [7, 11) is 0. The summed E-state index contributed by atoms with van der Waals surface area (Å²) in [6.45, 7) is 4.07. The molecule has 1 heterocycles. The Bertz CT molecular complexity index is 1040. The van der Waals surface area contributed by atoms with Gasteiger partial charge in [0.2, 0.25) is 0 Å². The molecule has 0 amide bonds. The van der Waals surface area contributed by atoms with Gasteiger partial charge in [0.05, 0.1) is 0 Å². The number of nitrogens with zero attached hydrogens (tertiary/aromatic N) is 1. The van der Waals surface area contributed by atoms with Gasteiger partial charge in [-0.15, -0.1) is 0 Å². The van der Waals surface area contributed by atoms with Crippen LogP contribution in [0.15, 0.2) is 66.7 Å². The standard InChI is InChI=1S/C28H31NO3/c30-26-18-22-10-13-24(20-6-2-1-3-7-20)28(25(22)19-27(26)31)21-8-11-23(12-9-21)32-17-16-29-14-4-5-15-29/h1-3,6-9,11-12,18-19,24,28,30-31H,4-5,10,13-17H2/t24-,28+/m1/s1. The van der Waals surface area contributed by atoms with Gasteiger partial charge in [0, 0.05) is 12.5 Å². The Balaban J connectivity index is 1.41. The van der Waals surface area contributed by atoms with Crippen LogP contribution in [0.4, 0.5) is 0 Å². The minimum absolute atomic E-state index is 0.0394. The van der Waals surface area contributed by atoms with E-state index in [-0.39, 0.29) is 17.4 Å². The lowest BCUT2D eigenvalue weighted by atomic mass is 9.69. The highest BCUT2D eigenvalue weighted by atomic mass is 16.5. The highest BCUT2D eigenvalue weighted by molar-refractivity contribution is 5.53. The van der Waals surface area contributed by atoms with Crippen molar-refractivity contribution in [2.24, 2.45) is 0 Å². The van der Waals surface area contributed by atoms with Gasteiger partial charge in [0.15, 0.2) is 11.5 Å². The van der Waals surface area contributed by atoms with Gasteiger partial charge in [-0.2, -0.15) is 0 Å². The molecule has 5 rings (SSSR count). The molecule has 0 aromatic heterocycles. The van der Waals surface area contributed by atoms with Crippen LogP contribution in [0.1, 0.15) is 53.4 Å². The number of benzene rings is 3. The van der Waals surface area contributed by atoms with Gasteiger partial charge in [-0.05, 0) is 91.2 Å². The molecule has 3 aromatic carbocycles. The first-order valence-electron chi connectivity index (χ1n) is 11.7. The van der Waals surface area contributed by atoms with Gasteiger partial charge in [-0.1, -0.05) is 42.5 Å². The third-order valence-electron chi connectivity index (χ3n) is 7.04. The number of rotatable bonds is 6. The van der Waals surface area contributed by atoms with Gasteiger partial charge >= 0.3 is 0 Å². The van der Waals surface area contributed by atoms with Crippen molar-refractivity contribution in [1.82, 2.24) is 4.90 Å². The van der Waals surface area contributed by atoms with Crippen LogP contribution >= 0.6 is 0 Å². The molecule has 2 aliphatic rings. The Labute approximate surface area is 190 Å². The van der Waals surface area contributed by atoms with Crippen molar-refractivity contribution in [3.63, 3.8) is 0 Å². The number of hydrogen-bond acceptors (Lipinski definition) is 4. The maximum Gasteiger partial charge on any atom is 0.157 e. The van der Waals surface area contributed by atoms with E-state index in [9.17, 15) is 10.2 Å². The number of aryl methyl sites for hydroxylation is 1. The number of aromatic hydroxyl groups is 2. The first kappa shape index (κ1) is 20.9. The zero-order valence-electron chi connectivity index (χ0n) is 18.4. The topological polar surface area (TPSA) is 52.9 Å². The third kappa shape index (κ3) is 4.33. The van der Waals surface area contributed by atoms with Crippen LogP contribution in [0.5, 0.6) is 17.2 Å². The number of hydrogen-bond donors (Lipinski definition) is 2. The second-order valence-corrected chi connectivity index (χ2v) is 9.04. The molecule has 0 spiro atoms. The summed E-state index contributed by atoms with van der Waals surface area (Å²) in [6, 6.07) is 22.5. The predicted molar refractivity (Wildman–Crippen MR) is 127 cm³/mol. The largest absolute Gasteiger partial charge is 0.504 e. The zero-order chi connectivity index (χ0) is 21.9. The molecule has 4 heteroatoms. The number of likely N-dealkylation sites (tertiary alicyclic amines) is 1. The summed E-state index contributed by atoms with van der Waals surface area (Å²) in [5.41, 5.74) is 4.73. The summed E-state index contributed by atoms with van der Waals surface area (Å²) in [5, 5.41) is 20.3. The fourth-order valence-corrected chi connectivity index (χ4v) is 5.38. The number of ether oxygens (including phenoxy) is 1. The van der Waals surface area contributed by atoms with Crippen molar-refractivity contribution in [1.29, 1.82) is 0 Å². The Hall–Kier alpha value is -2.98. The minimum Gasteiger partial charge on any atom is -0.504 e. The van der Waals surface area contributed by atoms with Crippen molar-refractivity contribution in [3.05, 3.63) is 89.0 Å². The quantitative estimate of drug-likeness (QED) is 0.513. The van der Waals surface area contributed by atoms with Crippen LogP contribution in [-0.4, -0.2) is 41.4 Å². The molecule has 2 atom stereocenters. The molecular formula is C28H31NO3. The molecule has 3 aromatic rings. The molecule has 32 heavy (non-hydrogen) atoms. The molecule has 1 aliphatic heterocycles. The summed E-state index contributed by atoms with van der Waals surface area (Å²) < 4.78 is 6.01. The smallest absolute Gasteiger partial charge is 0.157 e.